The summed E-state index contributed by atoms with van der Waals surface area (Å²) in [6, 6.07) is 14.8. The summed E-state index contributed by atoms with van der Waals surface area (Å²) in [7, 11) is 0. The zero-order valence-electron chi connectivity index (χ0n) is 12.2. The molecule has 0 radical (unpaired) electrons. The summed E-state index contributed by atoms with van der Waals surface area (Å²) >= 11 is 0. The molecule has 22 heavy (non-hydrogen) atoms. The fourth-order valence-corrected chi connectivity index (χ4v) is 1.97. The Bertz CT molecular complexity index is 651. The quantitative estimate of drug-likeness (QED) is 0.488. The minimum absolute atomic E-state index is 0.0531. The highest BCUT2D eigenvalue weighted by Crippen LogP contribution is 2.21. The van der Waals surface area contributed by atoms with Gasteiger partial charge in [0.1, 0.15) is 12.4 Å². The average molecular weight is 297 g/mol. The molecule has 0 heterocycles. The second-order valence-electron chi connectivity index (χ2n) is 4.89. The number of phenolic OH excluding ortho intramolecular Hbond substituents is 1. The van der Waals surface area contributed by atoms with Gasteiger partial charge < -0.3 is 15.6 Å². The molecule has 0 atom stereocenters. The van der Waals surface area contributed by atoms with Crippen LogP contribution in [0.25, 0.3) is 6.08 Å². The lowest BCUT2D eigenvalue weighted by Gasteiger charge is -2.04. The van der Waals surface area contributed by atoms with Crippen LogP contribution in [0.4, 0.5) is 5.69 Å². The zero-order valence-corrected chi connectivity index (χ0v) is 12.2. The molecule has 4 heteroatoms. The topological polar surface area (TPSA) is 72.6 Å². The van der Waals surface area contributed by atoms with Gasteiger partial charge >= 0.3 is 5.97 Å². The number of benzene rings is 2. The maximum atomic E-state index is 11.6. The molecule has 0 unspecified atom stereocenters. The van der Waals surface area contributed by atoms with Crippen molar-refractivity contribution in [2.45, 2.75) is 12.8 Å². The lowest BCUT2D eigenvalue weighted by molar-refractivity contribution is -0.142. The number of nitrogens with two attached hydrogens (primary N) is 1. The Morgan fingerprint density at radius 1 is 1.18 bits per heavy atom. The first-order chi connectivity index (χ1) is 10.6. The molecule has 2 aromatic carbocycles. The van der Waals surface area contributed by atoms with Crippen LogP contribution in [0.1, 0.15) is 17.5 Å². The third-order valence-electron chi connectivity index (χ3n) is 3.16. The molecule has 0 saturated carbocycles. The number of aryl methyl sites for hydroxylation is 1. The van der Waals surface area contributed by atoms with Crippen LogP contribution in [0.3, 0.4) is 0 Å². The van der Waals surface area contributed by atoms with E-state index in [-0.39, 0.29) is 24.7 Å². The fraction of sp³-hybridized carbons (Fsp3) is 0.167. The van der Waals surface area contributed by atoms with Crippen molar-refractivity contribution >= 4 is 17.7 Å². The van der Waals surface area contributed by atoms with Crippen LogP contribution >= 0.6 is 0 Å². The summed E-state index contributed by atoms with van der Waals surface area (Å²) in [4.78, 5) is 11.6. The van der Waals surface area contributed by atoms with E-state index >= 15 is 0 Å². The van der Waals surface area contributed by atoms with E-state index in [1.807, 2.05) is 42.5 Å². The molecule has 3 N–H and O–H groups in total. The zero-order chi connectivity index (χ0) is 15.8. The van der Waals surface area contributed by atoms with E-state index in [4.69, 9.17) is 10.5 Å². The summed E-state index contributed by atoms with van der Waals surface area (Å²) in [6.07, 6.45) is 4.54. The third-order valence-corrected chi connectivity index (χ3v) is 3.16. The highest BCUT2D eigenvalue weighted by Gasteiger charge is 2.04. The van der Waals surface area contributed by atoms with Gasteiger partial charge in [-0.2, -0.15) is 0 Å². The SMILES string of the molecule is Nc1cc(CCC(=O)OC/C=C/c2ccccc2)ccc1O. The van der Waals surface area contributed by atoms with E-state index in [1.165, 1.54) is 6.07 Å². The van der Waals surface area contributed by atoms with Gasteiger partial charge in [-0.3, -0.25) is 4.79 Å². The number of rotatable bonds is 6. The van der Waals surface area contributed by atoms with Crippen molar-refractivity contribution in [2.24, 2.45) is 0 Å². The van der Waals surface area contributed by atoms with Crippen LogP contribution in [0.15, 0.2) is 54.6 Å². The molecule has 0 spiro atoms. The van der Waals surface area contributed by atoms with Crippen LogP contribution < -0.4 is 5.73 Å². The molecular formula is C18H19NO3. The maximum absolute atomic E-state index is 11.6. The van der Waals surface area contributed by atoms with Gasteiger partial charge in [0.15, 0.2) is 0 Å². The second-order valence-corrected chi connectivity index (χ2v) is 4.89. The first kappa shape index (κ1) is 15.6. The summed E-state index contributed by atoms with van der Waals surface area (Å²) in [5.74, 6) is -0.207. The van der Waals surface area contributed by atoms with Gasteiger partial charge in [-0.15, -0.1) is 0 Å². The minimum Gasteiger partial charge on any atom is -0.506 e. The van der Waals surface area contributed by atoms with Crippen molar-refractivity contribution in [3.8, 4) is 5.75 Å². The number of aromatic hydroxyl groups is 1. The van der Waals surface area contributed by atoms with Gasteiger partial charge in [-0.1, -0.05) is 42.5 Å². The van der Waals surface area contributed by atoms with E-state index in [0.717, 1.165) is 11.1 Å². The molecule has 0 fully saturated rings. The normalized spacial score (nSPS) is 10.7. The van der Waals surface area contributed by atoms with E-state index in [1.54, 1.807) is 12.1 Å². The molecule has 0 aliphatic rings. The number of nitrogen functional groups attached to an aromatic ring is 1. The lowest BCUT2D eigenvalue weighted by Crippen LogP contribution is -2.06. The molecule has 4 nitrogen and oxygen atoms in total. The fourth-order valence-electron chi connectivity index (χ4n) is 1.97. The highest BCUT2D eigenvalue weighted by molar-refractivity contribution is 5.70. The predicted octanol–water partition coefficient (Wildman–Crippen LogP) is 3.16. The number of carbonyl (C=O) groups is 1. The number of esters is 1. The van der Waals surface area contributed by atoms with Crippen molar-refractivity contribution in [1.82, 2.24) is 0 Å². The van der Waals surface area contributed by atoms with Crippen LogP contribution in [-0.2, 0) is 16.0 Å². The number of phenols is 1. The van der Waals surface area contributed by atoms with E-state index in [2.05, 4.69) is 0 Å². The molecule has 0 aliphatic carbocycles. The lowest BCUT2D eigenvalue weighted by atomic mass is 10.1. The Balaban J connectivity index is 1.72. The van der Waals surface area contributed by atoms with Gasteiger partial charge in [0, 0.05) is 6.42 Å². The van der Waals surface area contributed by atoms with Gasteiger partial charge in [-0.25, -0.2) is 0 Å². The predicted molar refractivity (Wildman–Crippen MR) is 87.3 cm³/mol. The van der Waals surface area contributed by atoms with E-state index in [9.17, 15) is 9.90 Å². The maximum Gasteiger partial charge on any atom is 0.306 e. The van der Waals surface area contributed by atoms with Crippen molar-refractivity contribution < 1.29 is 14.6 Å². The van der Waals surface area contributed by atoms with Gasteiger partial charge in [0.2, 0.25) is 0 Å². The van der Waals surface area contributed by atoms with Crippen molar-refractivity contribution in [2.75, 3.05) is 12.3 Å². The minimum atomic E-state index is -0.260. The molecule has 0 bridgehead atoms. The smallest absolute Gasteiger partial charge is 0.306 e. The first-order valence-corrected chi connectivity index (χ1v) is 7.10. The number of hydrogen-bond acceptors (Lipinski definition) is 4. The van der Waals surface area contributed by atoms with Crippen LogP contribution in [0, 0.1) is 0 Å². The number of carbonyl (C=O) groups excluding carboxylic acids is 1. The average Bonchev–Trinajstić information content (AvgIpc) is 2.54. The first-order valence-electron chi connectivity index (χ1n) is 7.10. The van der Waals surface area contributed by atoms with Gasteiger partial charge in [-0.05, 0) is 35.8 Å². The molecule has 2 aromatic rings. The largest absolute Gasteiger partial charge is 0.506 e. The monoisotopic (exact) mass is 297 g/mol. The van der Waals surface area contributed by atoms with E-state index in [0.29, 0.717) is 12.1 Å². The molecule has 0 aliphatic heterocycles. The van der Waals surface area contributed by atoms with Crippen molar-refractivity contribution in [1.29, 1.82) is 0 Å². The number of anilines is 1. The Kier molecular flexibility index (Phi) is 5.60. The molecule has 0 saturated heterocycles. The second kappa shape index (κ2) is 7.88. The van der Waals surface area contributed by atoms with Gasteiger partial charge in [0.25, 0.3) is 0 Å². The standard InChI is InChI=1S/C18H19NO3/c19-16-13-15(8-10-17(16)20)9-11-18(21)22-12-4-7-14-5-2-1-3-6-14/h1-8,10,13,20H,9,11-12,19H2/b7-4+. The number of ether oxygens (including phenoxy) is 1. The molecule has 2 rings (SSSR count). The molecular weight excluding hydrogens is 278 g/mol. The summed E-state index contributed by atoms with van der Waals surface area (Å²) < 4.78 is 5.13. The van der Waals surface area contributed by atoms with E-state index < -0.39 is 0 Å². The Morgan fingerprint density at radius 3 is 2.68 bits per heavy atom. The highest BCUT2D eigenvalue weighted by atomic mass is 16.5. The van der Waals surface area contributed by atoms with Gasteiger partial charge in [0.05, 0.1) is 5.69 Å². The molecule has 114 valence electrons. The summed E-state index contributed by atoms with van der Waals surface area (Å²) in [5.41, 5.74) is 7.88. The number of hydrogen-bond donors (Lipinski definition) is 2. The van der Waals surface area contributed by atoms with Crippen LogP contribution in [0.5, 0.6) is 5.75 Å². The molecule has 0 amide bonds. The third kappa shape index (κ3) is 4.98. The Labute approximate surface area is 129 Å². The Hall–Kier alpha value is -2.75. The van der Waals surface area contributed by atoms with Crippen molar-refractivity contribution in [3.63, 3.8) is 0 Å². The van der Waals surface area contributed by atoms with Crippen molar-refractivity contribution in [3.05, 3.63) is 65.7 Å². The Morgan fingerprint density at radius 2 is 1.95 bits per heavy atom. The molecule has 0 aromatic heterocycles. The summed E-state index contributed by atoms with van der Waals surface area (Å²) in [5, 5.41) is 9.33. The summed E-state index contributed by atoms with van der Waals surface area (Å²) in [6.45, 7) is 0.255. The van der Waals surface area contributed by atoms with Crippen LogP contribution in [0.2, 0.25) is 0 Å². The van der Waals surface area contributed by atoms with Crippen LogP contribution in [-0.4, -0.2) is 17.7 Å².